The smallest absolute Gasteiger partial charge is 0.339 e. The van der Waals surface area contributed by atoms with Crippen LogP contribution < -0.4 is 0 Å². The summed E-state index contributed by atoms with van der Waals surface area (Å²) in [4.78, 5) is 12.7. The number of phenolic OH excluding ortho intramolecular Hbond substituents is 1. The quantitative estimate of drug-likeness (QED) is 0.725. The molecule has 0 radical (unpaired) electrons. The van der Waals surface area contributed by atoms with Gasteiger partial charge in [0.1, 0.15) is 5.75 Å². The van der Waals surface area contributed by atoms with Gasteiger partial charge in [-0.15, -0.1) is 0 Å². The molecule has 2 rings (SSSR count). The van der Waals surface area contributed by atoms with E-state index in [0.717, 1.165) is 28.7 Å². The van der Waals surface area contributed by atoms with Crippen molar-refractivity contribution in [2.75, 3.05) is 6.61 Å². The van der Waals surface area contributed by atoms with E-state index >= 15 is 0 Å². The Hall–Kier alpha value is -2.29. The summed E-state index contributed by atoms with van der Waals surface area (Å²) in [7, 11) is 0. The van der Waals surface area contributed by atoms with E-state index in [2.05, 4.69) is 13.8 Å². The maximum atomic E-state index is 12.7. The third kappa shape index (κ3) is 3.87. The molecule has 0 fully saturated rings. The van der Waals surface area contributed by atoms with Gasteiger partial charge in [-0.2, -0.15) is 0 Å². The van der Waals surface area contributed by atoms with Gasteiger partial charge >= 0.3 is 5.97 Å². The molecule has 0 aromatic heterocycles. The molecule has 25 heavy (non-hydrogen) atoms. The third-order valence-corrected chi connectivity index (χ3v) is 4.46. The van der Waals surface area contributed by atoms with Gasteiger partial charge in [0.15, 0.2) is 0 Å². The second-order valence-electron chi connectivity index (χ2n) is 6.72. The number of ether oxygens (including phenoxy) is 1. The maximum Gasteiger partial charge on any atom is 0.339 e. The Labute approximate surface area is 150 Å². The molecule has 0 spiro atoms. The highest BCUT2D eigenvalue weighted by molar-refractivity contribution is 6.01. The molecule has 2 aromatic rings. The summed E-state index contributed by atoms with van der Waals surface area (Å²) in [6, 6.07) is 9.88. The first-order valence-corrected chi connectivity index (χ1v) is 9.02. The normalized spacial score (nSPS) is 11.0. The molecule has 1 N–H and O–H groups in total. The second kappa shape index (κ2) is 8.19. The lowest BCUT2D eigenvalue weighted by molar-refractivity contribution is 0.0525. The van der Waals surface area contributed by atoms with Crippen LogP contribution in [0.5, 0.6) is 5.75 Å². The van der Waals surface area contributed by atoms with E-state index in [1.165, 1.54) is 0 Å². The highest BCUT2D eigenvalue weighted by atomic mass is 16.5. The number of hydrogen-bond donors (Lipinski definition) is 1. The molecular weight excluding hydrogens is 312 g/mol. The number of carbonyl (C=O) groups excluding carboxylic acids is 1. The Bertz CT molecular complexity index is 746. The van der Waals surface area contributed by atoms with Gasteiger partial charge in [-0.05, 0) is 54.9 Å². The zero-order valence-corrected chi connectivity index (χ0v) is 15.8. The molecule has 0 amide bonds. The Morgan fingerprint density at radius 1 is 1.12 bits per heavy atom. The van der Waals surface area contributed by atoms with Gasteiger partial charge in [0.25, 0.3) is 0 Å². The standard InChI is InChI=1S/C22H28O3/c1-6-17-20(22(24)25-7-2)19(16-11-9-8-10-12-16)15(5)18(21(17)23)13-14(3)4/h8-12,14,23H,6-7,13H2,1-5H3. The average Bonchev–Trinajstić information content (AvgIpc) is 2.59. The summed E-state index contributed by atoms with van der Waals surface area (Å²) in [5.41, 5.74) is 4.92. The summed E-state index contributed by atoms with van der Waals surface area (Å²) in [5, 5.41) is 10.9. The van der Waals surface area contributed by atoms with Crippen molar-refractivity contribution >= 4 is 5.97 Å². The highest BCUT2D eigenvalue weighted by Crippen LogP contribution is 2.40. The van der Waals surface area contributed by atoms with E-state index in [1.807, 2.05) is 44.2 Å². The average molecular weight is 340 g/mol. The van der Waals surface area contributed by atoms with Gasteiger partial charge < -0.3 is 9.84 Å². The first-order chi connectivity index (χ1) is 11.9. The molecule has 0 bridgehead atoms. The molecule has 0 aliphatic carbocycles. The van der Waals surface area contributed by atoms with Gasteiger partial charge in [-0.3, -0.25) is 0 Å². The van der Waals surface area contributed by atoms with Gasteiger partial charge in [-0.1, -0.05) is 51.1 Å². The van der Waals surface area contributed by atoms with Crippen LogP contribution in [-0.2, 0) is 17.6 Å². The van der Waals surface area contributed by atoms with Gasteiger partial charge in [0.05, 0.1) is 12.2 Å². The number of benzene rings is 2. The maximum absolute atomic E-state index is 12.7. The molecule has 0 unspecified atom stereocenters. The lowest BCUT2D eigenvalue weighted by atomic mass is 9.84. The molecule has 2 aromatic carbocycles. The number of aromatic hydroxyl groups is 1. The van der Waals surface area contributed by atoms with Crippen molar-refractivity contribution in [2.24, 2.45) is 5.92 Å². The van der Waals surface area contributed by atoms with Crippen molar-refractivity contribution in [3.63, 3.8) is 0 Å². The van der Waals surface area contributed by atoms with Gasteiger partial charge in [0, 0.05) is 5.56 Å². The second-order valence-corrected chi connectivity index (χ2v) is 6.72. The van der Waals surface area contributed by atoms with Crippen molar-refractivity contribution in [3.05, 3.63) is 52.6 Å². The van der Waals surface area contributed by atoms with E-state index < -0.39 is 0 Å². The van der Waals surface area contributed by atoms with Crippen molar-refractivity contribution in [1.82, 2.24) is 0 Å². The molecule has 0 aliphatic rings. The Balaban J connectivity index is 2.86. The monoisotopic (exact) mass is 340 g/mol. The van der Waals surface area contributed by atoms with Gasteiger partial charge in [0.2, 0.25) is 0 Å². The number of esters is 1. The first kappa shape index (κ1) is 19.0. The van der Waals surface area contributed by atoms with Crippen LogP contribution in [0.25, 0.3) is 11.1 Å². The van der Waals surface area contributed by atoms with Crippen molar-refractivity contribution in [2.45, 2.75) is 47.5 Å². The number of rotatable bonds is 6. The van der Waals surface area contributed by atoms with Gasteiger partial charge in [-0.25, -0.2) is 4.79 Å². The van der Waals surface area contributed by atoms with Crippen LogP contribution >= 0.6 is 0 Å². The zero-order chi connectivity index (χ0) is 18.6. The van der Waals surface area contributed by atoms with E-state index in [1.54, 1.807) is 6.92 Å². The SMILES string of the molecule is CCOC(=O)c1c(CC)c(O)c(CC(C)C)c(C)c1-c1ccccc1. The molecule has 0 aliphatic heterocycles. The molecule has 0 heterocycles. The number of phenols is 1. The van der Waals surface area contributed by atoms with Crippen molar-refractivity contribution < 1.29 is 14.6 Å². The van der Waals surface area contributed by atoms with E-state index in [9.17, 15) is 9.90 Å². The lowest BCUT2D eigenvalue weighted by Gasteiger charge is -2.22. The van der Waals surface area contributed by atoms with E-state index in [4.69, 9.17) is 4.74 Å². The minimum atomic E-state index is -0.368. The van der Waals surface area contributed by atoms with Crippen LogP contribution in [0.2, 0.25) is 0 Å². The minimum absolute atomic E-state index is 0.247. The van der Waals surface area contributed by atoms with Crippen LogP contribution in [0.4, 0.5) is 0 Å². The topological polar surface area (TPSA) is 46.5 Å². The number of hydrogen-bond acceptors (Lipinski definition) is 3. The highest BCUT2D eigenvalue weighted by Gasteiger charge is 2.26. The van der Waals surface area contributed by atoms with Crippen LogP contribution in [0.1, 0.15) is 54.7 Å². The van der Waals surface area contributed by atoms with E-state index in [-0.39, 0.29) is 11.7 Å². The van der Waals surface area contributed by atoms with Crippen LogP contribution in [0.3, 0.4) is 0 Å². The predicted molar refractivity (Wildman–Crippen MR) is 102 cm³/mol. The van der Waals surface area contributed by atoms with Crippen LogP contribution in [-0.4, -0.2) is 17.7 Å². The van der Waals surface area contributed by atoms with Crippen LogP contribution in [0, 0.1) is 12.8 Å². The Kier molecular flexibility index (Phi) is 6.24. The van der Waals surface area contributed by atoms with E-state index in [0.29, 0.717) is 30.1 Å². The summed E-state index contributed by atoms with van der Waals surface area (Å²) in [6.45, 7) is 10.3. The molecule has 0 saturated carbocycles. The third-order valence-electron chi connectivity index (χ3n) is 4.46. The summed E-state index contributed by atoms with van der Waals surface area (Å²) in [5.74, 6) is 0.288. The zero-order valence-electron chi connectivity index (χ0n) is 15.8. The largest absolute Gasteiger partial charge is 0.507 e. The molecule has 134 valence electrons. The predicted octanol–water partition coefficient (Wildman–Crippen LogP) is 5.31. The molecule has 0 atom stereocenters. The van der Waals surface area contributed by atoms with Crippen LogP contribution in [0.15, 0.2) is 30.3 Å². The molecular formula is C22H28O3. The molecule has 3 nitrogen and oxygen atoms in total. The molecule has 3 heteroatoms. The summed E-state index contributed by atoms with van der Waals surface area (Å²) in [6.07, 6.45) is 1.35. The van der Waals surface area contributed by atoms with Crippen molar-refractivity contribution in [1.29, 1.82) is 0 Å². The Morgan fingerprint density at radius 2 is 1.76 bits per heavy atom. The Morgan fingerprint density at radius 3 is 2.28 bits per heavy atom. The lowest BCUT2D eigenvalue weighted by Crippen LogP contribution is -2.13. The van der Waals surface area contributed by atoms with Crippen molar-refractivity contribution in [3.8, 4) is 16.9 Å². The summed E-state index contributed by atoms with van der Waals surface area (Å²) < 4.78 is 5.31. The fraction of sp³-hybridized carbons (Fsp3) is 0.409. The number of carbonyl (C=O) groups is 1. The minimum Gasteiger partial charge on any atom is -0.507 e. The fourth-order valence-corrected chi connectivity index (χ4v) is 3.36. The summed E-state index contributed by atoms with van der Waals surface area (Å²) >= 11 is 0. The molecule has 0 saturated heterocycles. The first-order valence-electron chi connectivity index (χ1n) is 9.02. The fourth-order valence-electron chi connectivity index (χ4n) is 3.36.